The summed E-state index contributed by atoms with van der Waals surface area (Å²) in [6.45, 7) is 2.97. The van der Waals surface area contributed by atoms with Gasteiger partial charge in [-0.05, 0) is 18.2 Å². The minimum absolute atomic E-state index is 0.224. The summed E-state index contributed by atoms with van der Waals surface area (Å²) in [5.74, 6) is -2.03. The maximum absolute atomic E-state index is 12.0. The van der Waals surface area contributed by atoms with Gasteiger partial charge in [0.25, 0.3) is 0 Å². The number of amides is 1. The van der Waals surface area contributed by atoms with Crippen molar-refractivity contribution in [3.8, 4) is 0 Å². The number of ether oxygens (including phenoxy) is 2. The van der Waals surface area contributed by atoms with Crippen molar-refractivity contribution in [1.29, 1.82) is 0 Å². The second kappa shape index (κ2) is 8.42. The summed E-state index contributed by atoms with van der Waals surface area (Å²) in [7, 11) is 2.50. The van der Waals surface area contributed by atoms with E-state index in [1.54, 1.807) is 25.1 Å². The maximum atomic E-state index is 12.0. The number of benzene rings is 1. The summed E-state index contributed by atoms with van der Waals surface area (Å²) in [6.07, 6.45) is 0. The highest BCUT2D eigenvalue weighted by Gasteiger charge is 2.33. The van der Waals surface area contributed by atoms with Crippen LogP contribution in [0.3, 0.4) is 0 Å². The zero-order valence-corrected chi connectivity index (χ0v) is 14.2. The zero-order valence-electron chi connectivity index (χ0n) is 13.4. The number of nitrogen functional groups attached to an aromatic ring is 1. The largest absolute Gasteiger partial charge is 0.469 e. The predicted molar refractivity (Wildman–Crippen MR) is 88.0 cm³/mol. The van der Waals surface area contributed by atoms with Gasteiger partial charge in [-0.25, -0.2) is 0 Å². The zero-order chi connectivity index (χ0) is 17.6. The molecule has 0 aliphatic carbocycles. The molecule has 0 unspecified atom stereocenters. The highest BCUT2D eigenvalue weighted by atomic mass is 32.2. The van der Waals surface area contributed by atoms with Gasteiger partial charge in [0.15, 0.2) is 0 Å². The summed E-state index contributed by atoms with van der Waals surface area (Å²) in [4.78, 5) is 35.4. The maximum Gasteiger partial charge on any atom is 0.320 e. The highest BCUT2D eigenvalue weighted by molar-refractivity contribution is 8.00. The molecule has 0 heterocycles. The lowest BCUT2D eigenvalue weighted by molar-refractivity contribution is -0.150. The van der Waals surface area contributed by atoms with Gasteiger partial charge in [0.05, 0.1) is 20.1 Å². The molecule has 126 valence electrons. The highest BCUT2D eigenvalue weighted by Crippen LogP contribution is 2.35. The van der Waals surface area contributed by atoms with Gasteiger partial charge in [-0.15, -0.1) is 11.8 Å². The van der Waals surface area contributed by atoms with Crippen molar-refractivity contribution in [1.82, 2.24) is 0 Å². The van der Waals surface area contributed by atoms with Gasteiger partial charge in [0.2, 0.25) is 5.91 Å². The summed E-state index contributed by atoms with van der Waals surface area (Å²) in [5.41, 5.74) is 6.89. The molecule has 8 heteroatoms. The van der Waals surface area contributed by atoms with Crippen LogP contribution in [-0.4, -0.2) is 37.3 Å². The molecule has 0 spiro atoms. The Morgan fingerprint density at radius 3 is 2.30 bits per heavy atom. The summed E-state index contributed by atoms with van der Waals surface area (Å²) >= 11 is 1.09. The molecule has 0 fully saturated rings. The molecule has 2 atom stereocenters. The Hall–Kier alpha value is -2.22. The first-order valence-electron chi connectivity index (χ1n) is 6.79. The van der Waals surface area contributed by atoms with Crippen LogP contribution in [0.5, 0.6) is 0 Å². The monoisotopic (exact) mass is 340 g/mol. The van der Waals surface area contributed by atoms with Crippen LogP contribution in [0, 0.1) is 5.92 Å². The molecule has 1 amide bonds. The Morgan fingerprint density at radius 2 is 1.78 bits per heavy atom. The third kappa shape index (κ3) is 5.17. The lowest BCUT2D eigenvalue weighted by Gasteiger charge is -2.20. The van der Waals surface area contributed by atoms with E-state index in [0.717, 1.165) is 11.8 Å². The van der Waals surface area contributed by atoms with E-state index in [0.29, 0.717) is 16.3 Å². The predicted octanol–water partition coefficient (Wildman–Crippen LogP) is 1.67. The van der Waals surface area contributed by atoms with Gasteiger partial charge < -0.3 is 20.5 Å². The SMILES string of the molecule is COC(=O)[C@H](C)[C@@H](Sc1cc(NC(C)=O)ccc1N)C(=O)OC. The van der Waals surface area contributed by atoms with Crippen LogP contribution >= 0.6 is 11.8 Å². The first kappa shape index (κ1) is 18.8. The molecule has 7 nitrogen and oxygen atoms in total. The van der Waals surface area contributed by atoms with E-state index in [2.05, 4.69) is 10.1 Å². The van der Waals surface area contributed by atoms with E-state index in [4.69, 9.17) is 10.5 Å². The minimum Gasteiger partial charge on any atom is -0.469 e. The van der Waals surface area contributed by atoms with Gasteiger partial charge in [0.1, 0.15) is 5.25 Å². The fourth-order valence-corrected chi connectivity index (χ4v) is 3.01. The van der Waals surface area contributed by atoms with Crippen molar-refractivity contribution in [2.24, 2.45) is 5.92 Å². The fraction of sp³-hybridized carbons (Fsp3) is 0.400. The Balaban J connectivity index is 3.09. The molecule has 23 heavy (non-hydrogen) atoms. The molecule has 0 saturated carbocycles. The van der Waals surface area contributed by atoms with E-state index in [-0.39, 0.29) is 5.91 Å². The van der Waals surface area contributed by atoms with Gasteiger partial charge >= 0.3 is 11.9 Å². The lowest BCUT2D eigenvalue weighted by Crippen LogP contribution is -2.32. The summed E-state index contributed by atoms with van der Waals surface area (Å²) in [5, 5.41) is 1.82. The Morgan fingerprint density at radius 1 is 1.17 bits per heavy atom. The Kier molecular flexibility index (Phi) is 6.89. The molecule has 1 aromatic carbocycles. The number of carbonyl (C=O) groups is 3. The first-order valence-corrected chi connectivity index (χ1v) is 7.67. The van der Waals surface area contributed by atoms with Crippen molar-refractivity contribution in [3.63, 3.8) is 0 Å². The smallest absolute Gasteiger partial charge is 0.320 e. The Bertz CT molecular complexity index is 606. The molecule has 0 aliphatic heterocycles. The summed E-state index contributed by atoms with van der Waals surface area (Å²) in [6, 6.07) is 4.91. The van der Waals surface area contributed by atoms with Crippen molar-refractivity contribution < 1.29 is 23.9 Å². The first-order chi connectivity index (χ1) is 10.8. The number of nitrogens with one attached hydrogen (secondary N) is 1. The van der Waals surface area contributed by atoms with Crippen molar-refractivity contribution in [3.05, 3.63) is 18.2 Å². The lowest BCUT2D eigenvalue weighted by atomic mass is 10.1. The second-order valence-corrected chi connectivity index (χ2v) is 5.99. The van der Waals surface area contributed by atoms with Crippen LogP contribution in [0.25, 0.3) is 0 Å². The van der Waals surface area contributed by atoms with Crippen LogP contribution in [0.2, 0.25) is 0 Å². The van der Waals surface area contributed by atoms with Crippen LogP contribution in [0.15, 0.2) is 23.1 Å². The molecule has 0 aliphatic rings. The summed E-state index contributed by atoms with van der Waals surface area (Å²) < 4.78 is 9.44. The number of hydrogen-bond donors (Lipinski definition) is 2. The van der Waals surface area contributed by atoms with Crippen LogP contribution in [0.4, 0.5) is 11.4 Å². The number of anilines is 2. The van der Waals surface area contributed by atoms with Gasteiger partial charge in [-0.2, -0.15) is 0 Å². The van der Waals surface area contributed by atoms with Gasteiger partial charge in [-0.1, -0.05) is 6.92 Å². The molecule has 0 saturated heterocycles. The molecule has 1 rings (SSSR count). The number of methoxy groups -OCH3 is 2. The number of nitrogens with two attached hydrogens (primary N) is 1. The number of rotatable bonds is 6. The van der Waals surface area contributed by atoms with Crippen molar-refractivity contribution >= 4 is 41.0 Å². The van der Waals surface area contributed by atoms with Crippen molar-refractivity contribution in [2.75, 3.05) is 25.3 Å². The van der Waals surface area contributed by atoms with Crippen LogP contribution in [-0.2, 0) is 23.9 Å². The normalized spacial score (nSPS) is 12.9. The molecular formula is C15H20N2O5S. The second-order valence-electron chi connectivity index (χ2n) is 4.81. The average molecular weight is 340 g/mol. The van der Waals surface area contributed by atoms with E-state index in [1.165, 1.54) is 21.1 Å². The quantitative estimate of drug-likeness (QED) is 0.461. The average Bonchev–Trinajstić information content (AvgIpc) is 2.52. The number of hydrogen-bond acceptors (Lipinski definition) is 7. The van der Waals surface area contributed by atoms with Crippen LogP contribution in [0.1, 0.15) is 13.8 Å². The number of carbonyl (C=O) groups excluding carboxylic acids is 3. The topological polar surface area (TPSA) is 108 Å². The van der Waals surface area contributed by atoms with E-state index in [9.17, 15) is 14.4 Å². The molecule has 3 N–H and O–H groups in total. The fourth-order valence-electron chi connectivity index (χ4n) is 1.83. The molecule has 1 aromatic rings. The Labute approximate surface area is 138 Å². The van der Waals surface area contributed by atoms with E-state index in [1.807, 2.05) is 0 Å². The number of thioether (sulfide) groups is 1. The van der Waals surface area contributed by atoms with Gasteiger partial charge in [0, 0.05) is 23.2 Å². The molecule has 0 bridgehead atoms. The molecular weight excluding hydrogens is 320 g/mol. The number of esters is 2. The minimum atomic E-state index is -0.817. The standard InChI is InChI=1S/C15H20N2O5S/c1-8(14(19)21-3)13(15(20)22-4)23-12-7-10(17-9(2)18)5-6-11(12)16/h5-8,13H,16H2,1-4H3,(H,17,18)/t8-,13-/m1/s1. The van der Waals surface area contributed by atoms with E-state index >= 15 is 0 Å². The third-order valence-corrected chi connectivity index (χ3v) is 4.51. The van der Waals surface area contributed by atoms with Crippen LogP contribution < -0.4 is 11.1 Å². The third-order valence-electron chi connectivity index (χ3n) is 3.05. The molecule has 0 radical (unpaired) electrons. The molecule has 0 aromatic heterocycles. The van der Waals surface area contributed by atoms with E-state index < -0.39 is 23.1 Å². The van der Waals surface area contributed by atoms with Gasteiger partial charge in [-0.3, -0.25) is 14.4 Å². The van der Waals surface area contributed by atoms with Crippen molar-refractivity contribution in [2.45, 2.75) is 24.0 Å².